The lowest BCUT2D eigenvalue weighted by Crippen LogP contribution is -2.45. The van der Waals surface area contributed by atoms with Crippen LogP contribution >= 0.6 is 11.3 Å². The van der Waals surface area contributed by atoms with Crippen LogP contribution in [0.2, 0.25) is 0 Å². The average Bonchev–Trinajstić information content (AvgIpc) is 2.81. The molecule has 3 atom stereocenters. The number of thiazole rings is 1. The molecule has 0 radical (unpaired) electrons. The molecule has 1 N–H and O–H groups in total. The minimum Gasteiger partial charge on any atom is -0.372 e. The molecule has 0 bridgehead atoms. The third-order valence-electron chi connectivity index (χ3n) is 3.82. The summed E-state index contributed by atoms with van der Waals surface area (Å²) in [6.45, 7) is 11.6. The van der Waals surface area contributed by atoms with Gasteiger partial charge in [0, 0.05) is 24.5 Å². The highest BCUT2D eigenvalue weighted by molar-refractivity contribution is 7.15. The first-order chi connectivity index (χ1) is 9.55. The van der Waals surface area contributed by atoms with E-state index in [1.165, 1.54) is 10.6 Å². The third-order valence-corrected chi connectivity index (χ3v) is 4.95. The number of rotatable bonds is 5. The first-order valence-electron chi connectivity index (χ1n) is 7.59. The van der Waals surface area contributed by atoms with Gasteiger partial charge in [0.25, 0.3) is 0 Å². The van der Waals surface area contributed by atoms with Gasteiger partial charge >= 0.3 is 0 Å². The Morgan fingerprint density at radius 1 is 1.40 bits per heavy atom. The van der Waals surface area contributed by atoms with E-state index >= 15 is 0 Å². The summed E-state index contributed by atoms with van der Waals surface area (Å²) in [7, 11) is 2.00. The van der Waals surface area contributed by atoms with Crippen LogP contribution in [0.15, 0.2) is 0 Å². The summed E-state index contributed by atoms with van der Waals surface area (Å²) in [6.07, 6.45) is 1.69. The van der Waals surface area contributed by atoms with Crippen LogP contribution in [0.1, 0.15) is 50.6 Å². The van der Waals surface area contributed by atoms with Gasteiger partial charge in [-0.25, -0.2) is 4.98 Å². The van der Waals surface area contributed by atoms with E-state index < -0.39 is 0 Å². The molecule has 0 spiro atoms. The Hall–Kier alpha value is -0.650. The van der Waals surface area contributed by atoms with Gasteiger partial charge in [0.1, 0.15) is 0 Å². The minimum absolute atomic E-state index is 0.280. The van der Waals surface area contributed by atoms with Gasteiger partial charge in [-0.3, -0.25) is 0 Å². The van der Waals surface area contributed by atoms with E-state index in [0.29, 0.717) is 5.92 Å². The Labute approximate surface area is 126 Å². The maximum atomic E-state index is 5.81. The number of anilines is 1. The van der Waals surface area contributed by atoms with Crippen molar-refractivity contribution in [3.8, 4) is 0 Å². The smallest absolute Gasteiger partial charge is 0.186 e. The van der Waals surface area contributed by atoms with Crippen molar-refractivity contribution in [2.75, 3.05) is 25.0 Å². The van der Waals surface area contributed by atoms with Gasteiger partial charge in [-0.1, -0.05) is 13.8 Å². The van der Waals surface area contributed by atoms with Gasteiger partial charge < -0.3 is 15.0 Å². The Kier molecular flexibility index (Phi) is 5.41. The molecular formula is C15H27N3OS. The van der Waals surface area contributed by atoms with Crippen molar-refractivity contribution in [2.45, 2.75) is 58.8 Å². The van der Waals surface area contributed by atoms with E-state index in [1.807, 2.05) is 18.4 Å². The molecule has 1 saturated heterocycles. The Bertz CT molecular complexity index is 425. The highest BCUT2D eigenvalue weighted by Gasteiger charge is 2.26. The van der Waals surface area contributed by atoms with Crippen molar-refractivity contribution in [3.05, 3.63) is 10.6 Å². The molecule has 1 aliphatic heterocycles. The van der Waals surface area contributed by atoms with Crippen LogP contribution in [0, 0.1) is 0 Å². The first-order valence-corrected chi connectivity index (χ1v) is 8.41. The summed E-state index contributed by atoms with van der Waals surface area (Å²) in [4.78, 5) is 8.70. The van der Waals surface area contributed by atoms with E-state index in [-0.39, 0.29) is 12.2 Å². The predicted octanol–water partition coefficient (Wildman–Crippen LogP) is 2.99. The molecule has 1 aliphatic rings. The van der Waals surface area contributed by atoms with Crippen LogP contribution in [0.4, 0.5) is 5.13 Å². The fourth-order valence-electron chi connectivity index (χ4n) is 2.69. The topological polar surface area (TPSA) is 37.4 Å². The molecule has 1 fully saturated rings. The Balaban J connectivity index is 2.23. The standard InChI is InChI=1S/C15H27N3OS/c1-6-10(2)14-13(7-16-5)20-15(17-14)18-8-11(3)19-12(4)9-18/h10-12,16H,6-9H2,1-5H3/t10?,11-,12+. The number of ether oxygens (including phenoxy) is 1. The van der Waals surface area contributed by atoms with Crippen molar-refractivity contribution >= 4 is 16.5 Å². The van der Waals surface area contributed by atoms with Gasteiger partial charge in [-0.15, -0.1) is 11.3 Å². The fraction of sp³-hybridized carbons (Fsp3) is 0.800. The molecule has 0 amide bonds. The van der Waals surface area contributed by atoms with E-state index in [0.717, 1.165) is 31.2 Å². The minimum atomic E-state index is 0.280. The molecule has 2 heterocycles. The Morgan fingerprint density at radius 3 is 2.60 bits per heavy atom. The molecule has 0 aliphatic carbocycles. The average molecular weight is 297 g/mol. The summed E-state index contributed by atoms with van der Waals surface area (Å²) in [5, 5.41) is 4.42. The number of morpholine rings is 1. The predicted molar refractivity (Wildman–Crippen MR) is 85.8 cm³/mol. The quantitative estimate of drug-likeness (QED) is 0.906. The number of aromatic nitrogens is 1. The third kappa shape index (κ3) is 3.51. The maximum Gasteiger partial charge on any atom is 0.186 e. The summed E-state index contributed by atoms with van der Waals surface area (Å²) in [5.41, 5.74) is 1.27. The molecule has 1 aromatic heterocycles. The summed E-state index contributed by atoms with van der Waals surface area (Å²) in [6, 6.07) is 0. The van der Waals surface area contributed by atoms with Crippen LogP contribution in [0.25, 0.3) is 0 Å². The highest BCUT2D eigenvalue weighted by atomic mass is 32.1. The van der Waals surface area contributed by atoms with Gasteiger partial charge in [0.05, 0.1) is 17.9 Å². The number of nitrogens with zero attached hydrogens (tertiary/aromatic N) is 2. The second kappa shape index (κ2) is 6.87. The van der Waals surface area contributed by atoms with Crippen molar-refractivity contribution in [3.63, 3.8) is 0 Å². The molecule has 1 aromatic rings. The van der Waals surface area contributed by atoms with Crippen molar-refractivity contribution in [2.24, 2.45) is 0 Å². The zero-order chi connectivity index (χ0) is 14.7. The normalized spacial score (nSPS) is 24.9. The van der Waals surface area contributed by atoms with Crippen LogP contribution in [0.5, 0.6) is 0 Å². The SMILES string of the molecule is CCC(C)c1nc(N2C[C@@H](C)O[C@@H](C)C2)sc1CNC. The molecule has 1 unspecified atom stereocenters. The van der Waals surface area contributed by atoms with Crippen LogP contribution < -0.4 is 10.2 Å². The van der Waals surface area contributed by atoms with Gasteiger partial charge in [0.2, 0.25) is 0 Å². The van der Waals surface area contributed by atoms with Gasteiger partial charge in [-0.2, -0.15) is 0 Å². The number of hydrogen-bond donors (Lipinski definition) is 1. The highest BCUT2D eigenvalue weighted by Crippen LogP contribution is 2.33. The summed E-state index contributed by atoms with van der Waals surface area (Å²) < 4.78 is 5.81. The zero-order valence-corrected chi connectivity index (χ0v) is 14.1. The molecule has 2 rings (SSSR count). The first kappa shape index (κ1) is 15.7. The van der Waals surface area contributed by atoms with E-state index in [1.54, 1.807) is 0 Å². The molecule has 0 aromatic carbocycles. The Morgan fingerprint density at radius 2 is 2.05 bits per heavy atom. The van der Waals surface area contributed by atoms with Gasteiger partial charge in [-0.05, 0) is 33.2 Å². The largest absolute Gasteiger partial charge is 0.372 e. The maximum absolute atomic E-state index is 5.81. The van der Waals surface area contributed by atoms with Gasteiger partial charge in [0.15, 0.2) is 5.13 Å². The molecule has 0 saturated carbocycles. The summed E-state index contributed by atoms with van der Waals surface area (Å²) in [5.74, 6) is 0.527. The number of hydrogen-bond acceptors (Lipinski definition) is 5. The second-order valence-corrected chi connectivity index (χ2v) is 6.87. The summed E-state index contributed by atoms with van der Waals surface area (Å²) >= 11 is 1.84. The molecule has 20 heavy (non-hydrogen) atoms. The lowest BCUT2D eigenvalue weighted by Gasteiger charge is -2.35. The van der Waals surface area contributed by atoms with E-state index in [9.17, 15) is 0 Å². The van der Waals surface area contributed by atoms with Crippen LogP contribution in [-0.4, -0.2) is 37.3 Å². The van der Waals surface area contributed by atoms with E-state index in [2.05, 4.69) is 37.9 Å². The van der Waals surface area contributed by atoms with Crippen molar-refractivity contribution in [1.82, 2.24) is 10.3 Å². The number of nitrogens with one attached hydrogen (secondary N) is 1. The lowest BCUT2D eigenvalue weighted by molar-refractivity contribution is -0.00523. The zero-order valence-electron chi connectivity index (χ0n) is 13.3. The molecular weight excluding hydrogens is 270 g/mol. The van der Waals surface area contributed by atoms with Crippen molar-refractivity contribution in [1.29, 1.82) is 0 Å². The van der Waals surface area contributed by atoms with Crippen molar-refractivity contribution < 1.29 is 4.74 Å². The molecule has 114 valence electrons. The molecule has 4 nitrogen and oxygen atoms in total. The lowest BCUT2D eigenvalue weighted by atomic mass is 10.0. The monoisotopic (exact) mass is 297 g/mol. The van der Waals surface area contributed by atoms with Crippen LogP contribution in [-0.2, 0) is 11.3 Å². The van der Waals surface area contributed by atoms with Crippen LogP contribution in [0.3, 0.4) is 0 Å². The van der Waals surface area contributed by atoms with E-state index in [4.69, 9.17) is 9.72 Å². The fourth-order valence-corrected chi connectivity index (χ4v) is 3.90. The molecule has 5 heteroatoms. The second-order valence-electron chi connectivity index (χ2n) is 5.81.